The van der Waals surface area contributed by atoms with Crippen molar-refractivity contribution in [3.8, 4) is 0 Å². The number of hydrogen-bond donors (Lipinski definition) is 1. The lowest BCUT2D eigenvalue weighted by Crippen LogP contribution is -2.56. The van der Waals surface area contributed by atoms with Gasteiger partial charge in [-0.1, -0.05) is 46.3 Å². The van der Waals surface area contributed by atoms with Gasteiger partial charge in [0.2, 0.25) is 0 Å². The molecular weight excluding hydrogens is 401 g/mol. The maximum absolute atomic E-state index is 13.5. The van der Waals surface area contributed by atoms with Crippen LogP contribution in [0.2, 0.25) is 0 Å². The van der Waals surface area contributed by atoms with Crippen molar-refractivity contribution < 1.29 is 23.1 Å². The molecule has 8 heteroatoms. The molecule has 1 aliphatic heterocycles. The molecule has 3 rings (SSSR count). The molecular formula is C17H12BrF3N2O2. The van der Waals surface area contributed by atoms with Crippen LogP contribution >= 0.6 is 15.9 Å². The maximum atomic E-state index is 13.5. The third-order valence-corrected chi connectivity index (χ3v) is 4.36. The maximum Gasteiger partial charge on any atom is 0.438 e. The summed E-state index contributed by atoms with van der Waals surface area (Å²) in [5.41, 5.74) is -2.99. The monoisotopic (exact) mass is 412 g/mol. The second-order valence-corrected chi connectivity index (χ2v) is 6.44. The molecule has 1 aliphatic rings. The van der Waals surface area contributed by atoms with Crippen LogP contribution in [0, 0.1) is 0 Å². The number of aliphatic hydroxyl groups is 1. The van der Waals surface area contributed by atoms with Crippen LogP contribution in [-0.4, -0.2) is 33.6 Å². The summed E-state index contributed by atoms with van der Waals surface area (Å²) in [5.74, 6) is -1.03. The van der Waals surface area contributed by atoms with Crippen molar-refractivity contribution in [2.24, 2.45) is 5.10 Å². The summed E-state index contributed by atoms with van der Waals surface area (Å²) in [6, 6.07) is 13.9. The van der Waals surface area contributed by atoms with E-state index in [-0.39, 0.29) is 16.3 Å². The minimum absolute atomic E-state index is 0.00844. The Balaban J connectivity index is 2.04. The summed E-state index contributed by atoms with van der Waals surface area (Å²) in [4.78, 5) is 12.5. The average molecular weight is 413 g/mol. The van der Waals surface area contributed by atoms with Gasteiger partial charge in [0, 0.05) is 10.0 Å². The Morgan fingerprint density at radius 3 is 2.28 bits per heavy atom. The Bertz CT molecular complexity index is 822. The molecule has 0 bridgehead atoms. The molecule has 25 heavy (non-hydrogen) atoms. The lowest BCUT2D eigenvalue weighted by Gasteiger charge is -2.32. The number of amides is 1. The standard InChI is InChI=1S/C17H12BrF3N2O2/c18-13-8-6-12(7-9-13)15(24)23-16(25,17(19,20)21)10-14(22-23)11-4-2-1-3-5-11/h1-9,25H,10H2/t16-/m0/s1. The molecule has 0 radical (unpaired) electrons. The first kappa shape index (κ1) is 17.6. The van der Waals surface area contributed by atoms with E-state index in [0.717, 1.165) is 0 Å². The summed E-state index contributed by atoms with van der Waals surface area (Å²) in [5, 5.41) is 14.2. The minimum Gasteiger partial charge on any atom is -0.362 e. The number of alkyl halides is 3. The molecule has 2 aromatic rings. The number of benzene rings is 2. The van der Waals surface area contributed by atoms with Gasteiger partial charge in [-0.05, 0) is 29.8 Å². The van der Waals surface area contributed by atoms with E-state index in [0.29, 0.717) is 10.0 Å². The highest BCUT2D eigenvalue weighted by Crippen LogP contribution is 2.42. The second kappa shape index (κ2) is 6.27. The van der Waals surface area contributed by atoms with E-state index in [2.05, 4.69) is 21.0 Å². The summed E-state index contributed by atoms with van der Waals surface area (Å²) >= 11 is 3.19. The molecule has 130 valence electrons. The molecule has 0 fully saturated rings. The molecule has 0 unspecified atom stereocenters. The Morgan fingerprint density at radius 2 is 1.72 bits per heavy atom. The predicted octanol–water partition coefficient (Wildman–Crippen LogP) is 3.95. The van der Waals surface area contributed by atoms with Crippen LogP contribution in [0.3, 0.4) is 0 Å². The molecule has 1 N–H and O–H groups in total. The molecule has 0 aromatic heterocycles. The zero-order valence-corrected chi connectivity index (χ0v) is 14.3. The van der Waals surface area contributed by atoms with Gasteiger partial charge in [0.05, 0.1) is 12.1 Å². The zero-order valence-electron chi connectivity index (χ0n) is 12.7. The van der Waals surface area contributed by atoms with Gasteiger partial charge in [0.1, 0.15) is 0 Å². The van der Waals surface area contributed by atoms with Gasteiger partial charge in [-0.25, -0.2) is 0 Å². The number of hydrogen-bond acceptors (Lipinski definition) is 3. The molecule has 0 aliphatic carbocycles. The lowest BCUT2D eigenvalue weighted by atomic mass is 10.0. The highest BCUT2D eigenvalue weighted by atomic mass is 79.9. The van der Waals surface area contributed by atoms with E-state index in [9.17, 15) is 23.1 Å². The largest absolute Gasteiger partial charge is 0.438 e. The van der Waals surface area contributed by atoms with Crippen LogP contribution in [0.5, 0.6) is 0 Å². The van der Waals surface area contributed by atoms with Gasteiger partial charge in [-0.15, -0.1) is 0 Å². The molecule has 4 nitrogen and oxygen atoms in total. The first-order valence-electron chi connectivity index (χ1n) is 7.24. The average Bonchev–Trinajstić information content (AvgIpc) is 2.95. The van der Waals surface area contributed by atoms with E-state index >= 15 is 0 Å². The molecule has 1 amide bonds. The van der Waals surface area contributed by atoms with Crippen molar-refractivity contribution >= 4 is 27.5 Å². The topological polar surface area (TPSA) is 52.9 Å². The Kier molecular flexibility index (Phi) is 4.42. The highest BCUT2D eigenvalue weighted by Gasteiger charge is 2.63. The van der Waals surface area contributed by atoms with Crippen molar-refractivity contribution in [2.45, 2.75) is 18.3 Å². The second-order valence-electron chi connectivity index (χ2n) is 5.53. The van der Waals surface area contributed by atoms with Crippen molar-refractivity contribution in [3.05, 3.63) is 70.2 Å². The number of carbonyl (C=O) groups excluding carboxylic acids is 1. The van der Waals surface area contributed by atoms with Gasteiger partial charge in [0.25, 0.3) is 11.6 Å². The highest BCUT2D eigenvalue weighted by molar-refractivity contribution is 9.10. The predicted molar refractivity (Wildman–Crippen MR) is 88.9 cm³/mol. The SMILES string of the molecule is O=C(c1ccc(Br)cc1)N1N=C(c2ccccc2)C[C@]1(O)C(F)(F)F. The first-order chi connectivity index (χ1) is 11.7. The van der Waals surface area contributed by atoms with Gasteiger partial charge in [-0.3, -0.25) is 4.79 Å². The smallest absolute Gasteiger partial charge is 0.362 e. The van der Waals surface area contributed by atoms with Gasteiger partial charge in [0.15, 0.2) is 0 Å². The first-order valence-corrected chi connectivity index (χ1v) is 8.04. The summed E-state index contributed by atoms with van der Waals surface area (Å²) in [7, 11) is 0. The Labute approximate surface area is 149 Å². The summed E-state index contributed by atoms with van der Waals surface area (Å²) in [6.07, 6.45) is -5.89. The number of carbonyl (C=O) groups is 1. The Morgan fingerprint density at radius 1 is 1.12 bits per heavy atom. The van der Waals surface area contributed by atoms with E-state index in [4.69, 9.17) is 0 Å². The fourth-order valence-corrected chi connectivity index (χ4v) is 2.75. The third-order valence-electron chi connectivity index (χ3n) is 3.83. The number of hydrazone groups is 1. The van der Waals surface area contributed by atoms with Crippen molar-refractivity contribution in [3.63, 3.8) is 0 Å². The number of nitrogens with zero attached hydrogens (tertiary/aromatic N) is 2. The minimum atomic E-state index is -5.06. The molecule has 0 spiro atoms. The molecule has 0 saturated heterocycles. The van der Waals surface area contributed by atoms with Crippen LogP contribution < -0.4 is 0 Å². The zero-order chi connectivity index (χ0) is 18.2. The van der Waals surface area contributed by atoms with E-state index < -0.39 is 24.2 Å². The fourth-order valence-electron chi connectivity index (χ4n) is 2.49. The Hall–Kier alpha value is -2.19. The van der Waals surface area contributed by atoms with Crippen molar-refractivity contribution in [1.29, 1.82) is 0 Å². The van der Waals surface area contributed by atoms with Crippen molar-refractivity contribution in [1.82, 2.24) is 5.01 Å². The van der Waals surface area contributed by atoms with Crippen LogP contribution in [-0.2, 0) is 0 Å². The summed E-state index contributed by atoms with van der Waals surface area (Å²) in [6.45, 7) is 0. The van der Waals surface area contributed by atoms with Gasteiger partial charge < -0.3 is 5.11 Å². The van der Waals surface area contributed by atoms with Gasteiger partial charge in [-0.2, -0.15) is 23.3 Å². The van der Waals surface area contributed by atoms with Crippen LogP contribution in [0.15, 0.2) is 64.2 Å². The van der Waals surface area contributed by atoms with Crippen LogP contribution in [0.1, 0.15) is 22.3 Å². The van der Waals surface area contributed by atoms with Crippen LogP contribution in [0.25, 0.3) is 0 Å². The molecule has 1 atom stereocenters. The summed E-state index contributed by atoms with van der Waals surface area (Å²) < 4.78 is 41.2. The van der Waals surface area contributed by atoms with Crippen molar-refractivity contribution in [2.75, 3.05) is 0 Å². The molecule has 0 saturated carbocycles. The van der Waals surface area contributed by atoms with E-state index in [1.165, 1.54) is 24.3 Å². The van der Waals surface area contributed by atoms with Gasteiger partial charge >= 0.3 is 6.18 Å². The van der Waals surface area contributed by atoms with E-state index in [1.54, 1.807) is 30.3 Å². The number of halogens is 4. The number of rotatable bonds is 2. The quantitative estimate of drug-likeness (QED) is 0.811. The molecule has 1 heterocycles. The normalized spacial score (nSPS) is 20.5. The van der Waals surface area contributed by atoms with E-state index in [1.807, 2.05) is 0 Å². The lowest BCUT2D eigenvalue weighted by molar-refractivity contribution is -0.297. The third kappa shape index (κ3) is 3.19. The molecule has 2 aromatic carbocycles. The van der Waals surface area contributed by atoms with Crippen LogP contribution in [0.4, 0.5) is 13.2 Å². The fraction of sp³-hybridized carbons (Fsp3) is 0.176.